The quantitative estimate of drug-likeness (QED) is 0.471. The maximum atomic E-state index is 2.42. The molecule has 0 heterocycles. The van der Waals surface area contributed by atoms with Crippen molar-refractivity contribution >= 4 is 7.26 Å². The minimum atomic E-state index is -0.445. The third kappa shape index (κ3) is 11.7. The van der Waals surface area contributed by atoms with Crippen LogP contribution in [0.25, 0.3) is 0 Å². The van der Waals surface area contributed by atoms with Gasteiger partial charge in [0.15, 0.2) is 0 Å². The number of hydrogen-bond acceptors (Lipinski definition) is 0. The first-order valence-electron chi connectivity index (χ1n) is 3.86. The van der Waals surface area contributed by atoms with Gasteiger partial charge in [0.2, 0.25) is 0 Å². The first-order chi connectivity index (χ1) is 4.06. The highest BCUT2D eigenvalue weighted by molar-refractivity contribution is 7.73. The maximum Gasteiger partial charge on any atom is 0.0586 e. The van der Waals surface area contributed by atoms with Crippen molar-refractivity contribution in [2.75, 3.05) is 26.2 Å². The average molecular weight is 227 g/mol. The molecule has 0 aromatic heterocycles. The van der Waals surface area contributed by atoms with Crippen molar-refractivity contribution in [2.45, 2.75) is 26.2 Å². The predicted molar refractivity (Wildman–Crippen MR) is 49.1 cm³/mol. The van der Waals surface area contributed by atoms with E-state index in [1.165, 1.54) is 25.4 Å². The Hall–Kier alpha value is 0.910. The van der Waals surface area contributed by atoms with Gasteiger partial charge in [-0.05, 0) is 6.42 Å². The highest BCUT2D eigenvalue weighted by Gasteiger charge is 2.14. The van der Waals surface area contributed by atoms with Crippen molar-refractivity contribution < 1.29 is 17.0 Å². The van der Waals surface area contributed by atoms with E-state index >= 15 is 0 Å². The third-order valence-electron chi connectivity index (χ3n) is 1.43. The first-order valence-corrected chi connectivity index (χ1v) is 7.18. The topological polar surface area (TPSA) is 0 Å². The molecule has 0 rings (SSSR count). The summed E-state index contributed by atoms with van der Waals surface area (Å²) in [6.07, 6.45) is 5.73. The van der Waals surface area contributed by atoms with E-state index in [1.807, 2.05) is 0 Å². The zero-order valence-corrected chi connectivity index (χ0v) is 10.1. The van der Waals surface area contributed by atoms with Crippen LogP contribution in [0, 0.1) is 0 Å². The zero-order chi connectivity index (χ0) is 7.33. The molecule has 2 heteroatoms. The molecule has 0 aliphatic heterocycles. The Morgan fingerprint density at radius 2 is 1.50 bits per heavy atom. The normalized spacial score (nSPS) is 10.8. The molecule has 0 spiro atoms. The lowest BCUT2D eigenvalue weighted by atomic mass is 10.3. The summed E-state index contributed by atoms with van der Waals surface area (Å²) in [5.74, 6) is 0. The fourth-order valence-corrected chi connectivity index (χ4v) is 2.01. The Morgan fingerprint density at radius 3 is 1.80 bits per heavy atom. The van der Waals surface area contributed by atoms with Crippen LogP contribution in [0.2, 0.25) is 0 Å². The van der Waals surface area contributed by atoms with Crippen molar-refractivity contribution in [3.8, 4) is 0 Å². The van der Waals surface area contributed by atoms with E-state index in [1.54, 1.807) is 0 Å². The second-order valence-corrected chi connectivity index (χ2v) is 8.75. The number of unbranched alkanes of at least 4 members (excludes halogenated alkanes) is 2. The lowest BCUT2D eigenvalue weighted by molar-refractivity contribution is -0.00000235. The van der Waals surface area contributed by atoms with Gasteiger partial charge in [0.25, 0.3) is 0 Å². The molecule has 0 saturated carbocycles. The molecule has 64 valence electrons. The lowest BCUT2D eigenvalue weighted by Crippen LogP contribution is -3.00. The van der Waals surface area contributed by atoms with Crippen molar-refractivity contribution in [3.63, 3.8) is 0 Å². The fourth-order valence-electron chi connectivity index (χ4n) is 0.836. The molecule has 0 aromatic rings. The summed E-state index contributed by atoms with van der Waals surface area (Å²) in [4.78, 5) is 0. The summed E-state index contributed by atoms with van der Waals surface area (Å²) < 4.78 is 0. The number of halogens is 1. The van der Waals surface area contributed by atoms with Gasteiger partial charge in [-0.2, -0.15) is 0 Å². The molecule has 10 heavy (non-hydrogen) atoms. The van der Waals surface area contributed by atoms with E-state index in [-0.39, 0.29) is 17.0 Å². The van der Waals surface area contributed by atoms with Crippen molar-refractivity contribution in [2.24, 2.45) is 0 Å². The lowest BCUT2D eigenvalue weighted by Gasteiger charge is -2.10. The highest BCUT2D eigenvalue weighted by atomic mass is 79.9. The van der Waals surface area contributed by atoms with Crippen LogP contribution in [0.1, 0.15) is 26.2 Å². The van der Waals surface area contributed by atoms with Crippen LogP contribution < -0.4 is 17.0 Å². The monoisotopic (exact) mass is 226 g/mol. The number of rotatable bonds is 4. The van der Waals surface area contributed by atoms with Crippen molar-refractivity contribution in [1.82, 2.24) is 0 Å². The Bertz CT molecular complexity index is 66.1. The van der Waals surface area contributed by atoms with E-state index in [4.69, 9.17) is 0 Å². The van der Waals surface area contributed by atoms with E-state index in [0.717, 1.165) is 0 Å². The predicted octanol–water partition coefficient (Wildman–Crippen LogP) is 0.0876. The molecule has 0 nitrogen and oxygen atoms in total. The third-order valence-corrected chi connectivity index (χ3v) is 3.09. The maximum absolute atomic E-state index is 2.42. The van der Waals surface area contributed by atoms with Gasteiger partial charge >= 0.3 is 0 Å². The van der Waals surface area contributed by atoms with Gasteiger partial charge in [-0.3, -0.25) is 0 Å². The molecular formula is C8H20BrP. The molecule has 0 amide bonds. The minimum Gasteiger partial charge on any atom is -1.00 e. The smallest absolute Gasteiger partial charge is 0.0586 e. The van der Waals surface area contributed by atoms with E-state index in [9.17, 15) is 0 Å². The molecule has 0 aliphatic rings. The van der Waals surface area contributed by atoms with Gasteiger partial charge < -0.3 is 17.0 Å². The first kappa shape index (κ1) is 13.5. The van der Waals surface area contributed by atoms with Crippen LogP contribution in [0.5, 0.6) is 0 Å². The van der Waals surface area contributed by atoms with E-state index < -0.39 is 7.26 Å². The zero-order valence-electron chi connectivity index (χ0n) is 7.65. The molecule has 0 aromatic carbocycles. The van der Waals surface area contributed by atoms with Crippen LogP contribution in [0.3, 0.4) is 0 Å². The Kier molecular flexibility index (Phi) is 8.92. The molecule has 0 atom stereocenters. The number of hydrogen-bond donors (Lipinski definition) is 0. The Labute approximate surface area is 76.9 Å². The minimum absolute atomic E-state index is 0. The van der Waals surface area contributed by atoms with Crippen LogP contribution in [0.4, 0.5) is 0 Å². The summed E-state index contributed by atoms with van der Waals surface area (Å²) in [5.41, 5.74) is 0. The van der Waals surface area contributed by atoms with Crippen LogP contribution in [-0.4, -0.2) is 26.2 Å². The molecular weight excluding hydrogens is 207 g/mol. The van der Waals surface area contributed by atoms with Crippen molar-refractivity contribution in [1.29, 1.82) is 0 Å². The summed E-state index contributed by atoms with van der Waals surface area (Å²) in [7, 11) is -0.445. The molecule has 0 fully saturated rings. The molecule has 0 aliphatic carbocycles. The van der Waals surface area contributed by atoms with Crippen LogP contribution in [-0.2, 0) is 0 Å². The molecule has 0 unspecified atom stereocenters. The second-order valence-electron chi connectivity index (χ2n) is 3.72. The van der Waals surface area contributed by atoms with Gasteiger partial charge in [-0.25, -0.2) is 0 Å². The molecule has 0 bridgehead atoms. The fraction of sp³-hybridized carbons (Fsp3) is 1.00. The SMILES string of the molecule is CCCCC[P+](C)(C)C.[Br-]. The van der Waals surface area contributed by atoms with Crippen molar-refractivity contribution in [3.05, 3.63) is 0 Å². The van der Waals surface area contributed by atoms with Gasteiger partial charge in [-0.15, -0.1) is 0 Å². The van der Waals surface area contributed by atoms with E-state index in [2.05, 4.69) is 26.9 Å². The summed E-state index contributed by atoms with van der Waals surface area (Å²) in [6.45, 7) is 9.52. The standard InChI is InChI=1S/C8H20P.BrH/c1-5-6-7-8-9(2,3)4;/h5-8H2,1-4H3;1H/q+1;/p-1. The summed E-state index contributed by atoms with van der Waals surface area (Å²) in [5, 5.41) is 0. The molecule has 0 saturated heterocycles. The van der Waals surface area contributed by atoms with Gasteiger partial charge in [0, 0.05) is 27.3 Å². The van der Waals surface area contributed by atoms with E-state index in [0.29, 0.717) is 0 Å². The molecule has 0 N–H and O–H groups in total. The Morgan fingerprint density at radius 1 is 1.00 bits per heavy atom. The Balaban J connectivity index is 0. The second kappa shape index (κ2) is 6.61. The summed E-state index contributed by atoms with van der Waals surface area (Å²) in [6, 6.07) is 0. The van der Waals surface area contributed by atoms with Gasteiger partial charge in [0.05, 0.1) is 6.16 Å². The van der Waals surface area contributed by atoms with Crippen LogP contribution in [0.15, 0.2) is 0 Å². The summed E-state index contributed by atoms with van der Waals surface area (Å²) >= 11 is 0. The highest BCUT2D eigenvalue weighted by Crippen LogP contribution is 2.47. The largest absolute Gasteiger partial charge is 1.00 e. The average Bonchev–Trinajstić information content (AvgIpc) is 1.63. The van der Waals surface area contributed by atoms with Gasteiger partial charge in [0.1, 0.15) is 0 Å². The molecule has 0 radical (unpaired) electrons. The van der Waals surface area contributed by atoms with Gasteiger partial charge in [-0.1, -0.05) is 19.8 Å². The van der Waals surface area contributed by atoms with Crippen LogP contribution >= 0.6 is 7.26 Å².